The minimum Gasteiger partial charge on any atom is -0.317 e. The van der Waals surface area contributed by atoms with Crippen molar-refractivity contribution in [2.24, 2.45) is 0 Å². The van der Waals surface area contributed by atoms with Crippen LogP contribution in [0.15, 0.2) is 66.7 Å². The molecule has 6 nitrogen and oxygen atoms in total. The highest BCUT2D eigenvalue weighted by Crippen LogP contribution is 2.31. The number of halogens is 2. The van der Waals surface area contributed by atoms with E-state index in [1.807, 2.05) is 30.3 Å². The Labute approximate surface area is 202 Å². The normalized spacial score (nSPS) is 19.5. The van der Waals surface area contributed by atoms with Crippen molar-refractivity contribution in [3.8, 4) is 0 Å². The standard InChI is InChI=1S/C25H24Cl2N4O2/c1-15-13-29-23(16-5-3-2-4-6-16)20-12-19(27)8-10-22(20)31-25(33)24(32)30-21-9-7-18(26)11-17(21)14-28-15/h2-12,15,23,28-29H,13-14H2,1H3,(H,30,32)(H,31,33). The fourth-order valence-corrected chi connectivity index (χ4v) is 4.15. The zero-order valence-electron chi connectivity index (χ0n) is 18.0. The van der Waals surface area contributed by atoms with Crippen LogP contribution in [0.3, 0.4) is 0 Å². The molecular weight excluding hydrogens is 459 g/mol. The van der Waals surface area contributed by atoms with Gasteiger partial charge < -0.3 is 21.3 Å². The molecule has 0 radical (unpaired) electrons. The minimum absolute atomic E-state index is 0.0962. The van der Waals surface area contributed by atoms with Crippen molar-refractivity contribution < 1.29 is 9.59 Å². The van der Waals surface area contributed by atoms with Gasteiger partial charge in [0, 0.05) is 40.6 Å². The molecular formula is C25H24Cl2N4O2. The SMILES string of the molecule is CC1CNC(c2ccccc2)c2cc(Cl)ccc2NC(=O)C(=O)Nc2ccc(Cl)cc2CN1. The summed E-state index contributed by atoms with van der Waals surface area (Å²) in [7, 11) is 0. The van der Waals surface area contributed by atoms with Gasteiger partial charge in [0.1, 0.15) is 0 Å². The van der Waals surface area contributed by atoms with Gasteiger partial charge in [-0.2, -0.15) is 0 Å². The highest BCUT2D eigenvalue weighted by atomic mass is 35.5. The number of anilines is 2. The van der Waals surface area contributed by atoms with Crippen molar-refractivity contribution in [3.05, 3.63) is 93.5 Å². The molecule has 0 aromatic heterocycles. The highest BCUT2D eigenvalue weighted by Gasteiger charge is 2.23. The van der Waals surface area contributed by atoms with Crippen molar-refractivity contribution >= 4 is 46.4 Å². The number of fused-ring (bicyclic) bond motifs is 2. The molecule has 0 saturated heterocycles. The first-order chi connectivity index (χ1) is 15.9. The van der Waals surface area contributed by atoms with Crippen LogP contribution in [0.5, 0.6) is 0 Å². The summed E-state index contributed by atoms with van der Waals surface area (Å²) in [6, 6.07) is 20.1. The second-order valence-electron chi connectivity index (χ2n) is 7.98. The lowest BCUT2D eigenvalue weighted by atomic mass is 9.96. The maximum absolute atomic E-state index is 12.8. The summed E-state index contributed by atoms with van der Waals surface area (Å²) < 4.78 is 0. The Bertz CT molecular complexity index is 1170. The third kappa shape index (κ3) is 5.72. The highest BCUT2D eigenvalue weighted by molar-refractivity contribution is 6.44. The number of hydrogen-bond acceptors (Lipinski definition) is 4. The van der Waals surface area contributed by atoms with Crippen LogP contribution in [-0.4, -0.2) is 24.4 Å². The van der Waals surface area contributed by atoms with E-state index in [1.54, 1.807) is 36.4 Å². The zero-order chi connectivity index (χ0) is 23.4. The molecule has 0 bridgehead atoms. The van der Waals surface area contributed by atoms with Crippen LogP contribution < -0.4 is 21.3 Å². The third-order valence-electron chi connectivity index (χ3n) is 5.50. The monoisotopic (exact) mass is 482 g/mol. The number of amides is 2. The first-order valence-corrected chi connectivity index (χ1v) is 11.4. The molecule has 3 aromatic rings. The van der Waals surface area contributed by atoms with Crippen LogP contribution in [0.25, 0.3) is 0 Å². The Hall–Kier alpha value is -2.90. The van der Waals surface area contributed by atoms with E-state index in [0.717, 1.165) is 16.7 Å². The molecule has 4 rings (SSSR count). The van der Waals surface area contributed by atoms with Crippen molar-refractivity contribution in [2.45, 2.75) is 25.6 Å². The first-order valence-electron chi connectivity index (χ1n) is 10.6. The van der Waals surface area contributed by atoms with Gasteiger partial charge in [-0.3, -0.25) is 9.59 Å². The smallest absolute Gasteiger partial charge is 0.314 e. The van der Waals surface area contributed by atoms with Crippen molar-refractivity contribution in [3.63, 3.8) is 0 Å². The van der Waals surface area contributed by atoms with Gasteiger partial charge in [0.2, 0.25) is 0 Å². The van der Waals surface area contributed by atoms with Gasteiger partial charge in [-0.15, -0.1) is 0 Å². The Morgan fingerprint density at radius 1 is 0.788 bits per heavy atom. The predicted molar refractivity (Wildman–Crippen MR) is 133 cm³/mol. The quantitative estimate of drug-likeness (QED) is 0.377. The molecule has 0 saturated carbocycles. The molecule has 3 aromatic carbocycles. The Morgan fingerprint density at radius 2 is 1.42 bits per heavy atom. The molecule has 2 amide bonds. The van der Waals surface area contributed by atoms with Gasteiger partial charge in [-0.25, -0.2) is 0 Å². The molecule has 0 aliphatic carbocycles. The van der Waals surface area contributed by atoms with Crippen LogP contribution in [0.2, 0.25) is 10.0 Å². The molecule has 8 heteroatoms. The van der Waals surface area contributed by atoms with E-state index in [4.69, 9.17) is 23.2 Å². The van der Waals surface area contributed by atoms with E-state index in [2.05, 4.69) is 28.2 Å². The molecule has 0 fully saturated rings. The number of carbonyl (C=O) groups is 2. The van der Waals surface area contributed by atoms with E-state index >= 15 is 0 Å². The van der Waals surface area contributed by atoms with Gasteiger partial charge >= 0.3 is 11.8 Å². The number of benzene rings is 3. The van der Waals surface area contributed by atoms with Gasteiger partial charge in [0.05, 0.1) is 6.04 Å². The third-order valence-corrected chi connectivity index (χ3v) is 5.97. The molecule has 33 heavy (non-hydrogen) atoms. The average Bonchev–Trinajstić information content (AvgIpc) is 2.81. The summed E-state index contributed by atoms with van der Waals surface area (Å²) in [5.74, 6) is -1.54. The molecule has 2 unspecified atom stereocenters. The number of carbonyl (C=O) groups excluding carboxylic acids is 2. The summed E-state index contributed by atoms with van der Waals surface area (Å²) in [5, 5.41) is 13.6. The van der Waals surface area contributed by atoms with Crippen LogP contribution in [-0.2, 0) is 16.1 Å². The molecule has 0 spiro atoms. The Kier molecular flexibility index (Phi) is 7.30. The lowest BCUT2D eigenvalue weighted by molar-refractivity contribution is -0.133. The molecule has 4 N–H and O–H groups in total. The summed E-state index contributed by atoms with van der Waals surface area (Å²) in [6.45, 7) is 3.19. The average molecular weight is 483 g/mol. The van der Waals surface area contributed by atoms with E-state index in [9.17, 15) is 9.59 Å². The minimum atomic E-state index is -0.773. The fraction of sp³-hybridized carbons (Fsp3) is 0.200. The largest absolute Gasteiger partial charge is 0.317 e. The fourth-order valence-electron chi connectivity index (χ4n) is 3.78. The van der Waals surface area contributed by atoms with Gasteiger partial charge in [0.25, 0.3) is 0 Å². The Balaban J connectivity index is 1.75. The molecule has 1 heterocycles. The van der Waals surface area contributed by atoms with Crippen LogP contribution in [0, 0.1) is 0 Å². The maximum Gasteiger partial charge on any atom is 0.314 e. The molecule has 170 valence electrons. The number of hydrogen-bond donors (Lipinski definition) is 4. The first kappa shape index (κ1) is 23.3. The molecule has 2 atom stereocenters. The number of nitrogens with one attached hydrogen (secondary N) is 4. The van der Waals surface area contributed by atoms with Gasteiger partial charge in [-0.05, 0) is 60.0 Å². The maximum atomic E-state index is 12.8. The van der Waals surface area contributed by atoms with Crippen molar-refractivity contribution in [2.75, 3.05) is 17.2 Å². The summed E-state index contributed by atoms with van der Waals surface area (Å²) >= 11 is 12.5. The van der Waals surface area contributed by atoms with E-state index < -0.39 is 11.8 Å². The second-order valence-corrected chi connectivity index (χ2v) is 8.85. The van der Waals surface area contributed by atoms with Crippen LogP contribution in [0.1, 0.15) is 29.7 Å². The van der Waals surface area contributed by atoms with Crippen LogP contribution >= 0.6 is 23.2 Å². The number of rotatable bonds is 1. The Morgan fingerprint density at radius 3 is 2.15 bits per heavy atom. The second kappa shape index (κ2) is 10.4. The summed E-state index contributed by atoms with van der Waals surface area (Å²) in [4.78, 5) is 25.5. The lowest BCUT2D eigenvalue weighted by Crippen LogP contribution is -2.39. The van der Waals surface area contributed by atoms with Crippen molar-refractivity contribution in [1.29, 1.82) is 0 Å². The van der Waals surface area contributed by atoms with E-state index in [-0.39, 0.29) is 12.1 Å². The van der Waals surface area contributed by atoms with Gasteiger partial charge in [0.15, 0.2) is 0 Å². The van der Waals surface area contributed by atoms with Crippen LogP contribution in [0.4, 0.5) is 11.4 Å². The molecule has 1 aliphatic rings. The topological polar surface area (TPSA) is 82.3 Å². The lowest BCUT2D eigenvalue weighted by Gasteiger charge is -2.26. The van der Waals surface area contributed by atoms with E-state index in [0.29, 0.717) is 34.5 Å². The molecule has 1 aliphatic heterocycles. The zero-order valence-corrected chi connectivity index (χ0v) is 19.5. The van der Waals surface area contributed by atoms with Crippen molar-refractivity contribution in [1.82, 2.24) is 10.6 Å². The van der Waals surface area contributed by atoms with E-state index in [1.165, 1.54) is 0 Å². The van der Waals surface area contributed by atoms with Gasteiger partial charge in [-0.1, -0.05) is 53.5 Å². The summed E-state index contributed by atoms with van der Waals surface area (Å²) in [6.07, 6.45) is 0. The predicted octanol–water partition coefficient (Wildman–Crippen LogP) is 4.74. The summed E-state index contributed by atoms with van der Waals surface area (Å²) in [5.41, 5.74) is 3.61.